The van der Waals surface area contributed by atoms with Crippen LogP contribution in [0.15, 0.2) is 18.2 Å². The summed E-state index contributed by atoms with van der Waals surface area (Å²) in [5.74, 6) is 4.27. The maximum atomic E-state index is 12.0. The second-order valence-electron chi connectivity index (χ2n) is 1.54. The van der Waals surface area contributed by atoms with Crippen LogP contribution in [0.5, 0.6) is 0 Å². The Labute approximate surface area is 61.6 Å². The lowest BCUT2D eigenvalue weighted by molar-refractivity contribution is 0.447. The van der Waals surface area contributed by atoms with E-state index >= 15 is 0 Å². The molecule has 5 heteroatoms. The highest BCUT2D eigenvalue weighted by Crippen LogP contribution is 2.07. The van der Waals surface area contributed by atoms with Gasteiger partial charge in [0.05, 0.1) is 0 Å². The van der Waals surface area contributed by atoms with Gasteiger partial charge in [-0.25, -0.2) is 13.2 Å². The Balaban J connectivity index is 0.000000461. The van der Waals surface area contributed by atoms with Gasteiger partial charge in [0.1, 0.15) is 0 Å². The van der Waals surface area contributed by atoms with Crippen molar-refractivity contribution in [1.29, 1.82) is 0 Å². The summed E-state index contributed by atoms with van der Waals surface area (Å²) in [7, 11) is 0. The smallest absolute Gasteiger partial charge is 0.194 e. The number of nitrogens with two attached hydrogens (primary N) is 2. The molecule has 0 fully saturated rings. The van der Waals surface area contributed by atoms with Crippen molar-refractivity contribution < 1.29 is 13.2 Å². The summed E-state index contributed by atoms with van der Waals surface area (Å²) in [5, 5.41) is 0. The molecule has 1 aromatic carbocycles. The molecule has 4 N–H and O–H groups in total. The minimum atomic E-state index is -1.42. The Kier molecular flexibility index (Phi) is 4.24. The first-order valence-corrected chi connectivity index (χ1v) is 2.64. The predicted octanol–water partition coefficient (Wildman–Crippen LogP) is 0.923. The summed E-state index contributed by atoms with van der Waals surface area (Å²) in [6.07, 6.45) is 0. The molecule has 0 heterocycles. The van der Waals surface area contributed by atoms with Gasteiger partial charge in [0.25, 0.3) is 0 Å². The molecule has 1 rings (SSSR count). The third kappa shape index (κ3) is 2.57. The highest BCUT2D eigenvalue weighted by Gasteiger charge is 2.04. The Morgan fingerprint density at radius 1 is 0.909 bits per heavy atom. The van der Waals surface area contributed by atoms with Crippen molar-refractivity contribution in [3.63, 3.8) is 0 Å². The van der Waals surface area contributed by atoms with Gasteiger partial charge in [-0.1, -0.05) is 6.07 Å². The first-order valence-electron chi connectivity index (χ1n) is 2.64. The van der Waals surface area contributed by atoms with E-state index in [1.165, 1.54) is 0 Å². The average molecular weight is 164 g/mol. The van der Waals surface area contributed by atoms with Crippen molar-refractivity contribution in [3.8, 4) is 0 Å². The van der Waals surface area contributed by atoms with Crippen LogP contribution in [0.2, 0.25) is 0 Å². The van der Waals surface area contributed by atoms with E-state index in [9.17, 15) is 13.2 Å². The van der Waals surface area contributed by atoms with Gasteiger partial charge in [0, 0.05) is 0 Å². The maximum absolute atomic E-state index is 12.0. The summed E-state index contributed by atoms with van der Waals surface area (Å²) in [4.78, 5) is 0. The largest absolute Gasteiger partial charge is 0.274 e. The van der Waals surface area contributed by atoms with Crippen LogP contribution in [0.3, 0.4) is 0 Å². The minimum Gasteiger partial charge on any atom is -0.274 e. The third-order valence-electron chi connectivity index (χ3n) is 0.904. The van der Waals surface area contributed by atoms with E-state index in [-0.39, 0.29) is 0 Å². The van der Waals surface area contributed by atoms with Gasteiger partial charge >= 0.3 is 0 Å². The highest BCUT2D eigenvalue weighted by molar-refractivity contribution is 5.07. The fourth-order valence-electron chi connectivity index (χ4n) is 0.477. The quantitative estimate of drug-likeness (QED) is 0.340. The fourth-order valence-corrected chi connectivity index (χ4v) is 0.477. The van der Waals surface area contributed by atoms with Gasteiger partial charge in [0.2, 0.25) is 0 Å². The lowest BCUT2D eigenvalue weighted by Crippen LogP contribution is -2.02. The zero-order valence-corrected chi connectivity index (χ0v) is 5.52. The molecule has 0 radical (unpaired) electrons. The summed E-state index contributed by atoms with van der Waals surface area (Å²) < 4.78 is 35.9. The molecule has 0 aliphatic rings. The van der Waals surface area contributed by atoms with E-state index in [4.69, 9.17) is 0 Å². The van der Waals surface area contributed by atoms with Crippen LogP contribution in [-0.2, 0) is 0 Å². The summed E-state index contributed by atoms with van der Waals surface area (Å²) >= 11 is 0. The van der Waals surface area contributed by atoms with E-state index in [0.717, 1.165) is 18.2 Å². The Hall–Kier alpha value is -1.07. The van der Waals surface area contributed by atoms with Crippen LogP contribution in [-0.4, -0.2) is 0 Å². The van der Waals surface area contributed by atoms with Gasteiger partial charge in [-0.15, -0.1) is 0 Å². The van der Waals surface area contributed by atoms with Crippen molar-refractivity contribution in [2.24, 2.45) is 11.7 Å². The van der Waals surface area contributed by atoms with Crippen molar-refractivity contribution in [2.45, 2.75) is 0 Å². The van der Waals surface area contributed by atoms with Gasteiger partial charge < -0.3 is 0 Å². The first kappa shape index (κ1) is 9.93. The van der Waals surface area contributed by atoms with Crippen molar-refractivity contribution in [1.82, 2.24) is 0 Å². The molecular weight excluding hydrogens is 157 g/mol. The third-order valence-corrected chi connectivity index (χ3v) is 0.904. The van der Waals surface area contributed by atoms with E-state index in [1.54, 1.807) is 0 Å². The number of hydrazine groups is 1. The van der Waals surface area contributed by atoms with E-state index in [2.05, 4.69) is 11.7 Å². The molecule has 2 nitrogen and oxygen atoms in total. The zero-order chi connectivity index (χ0) is 8.85. The molecule has 0 atom stereocenters. The number of halogens is 3. The summed E-state index contributed by atoms with van der Waals surface area (Å²) in [6, 6.07) is 2.82. The van der Waals surface area contributed by atoms with Crippen molar-refractivity contribution in [2.75, 3.05) is 0 Å². The molecule has 0 spiro atoms. The van der Waals surface area contributed by atoms with E-state index < -0.39 is 17.5 Å². The molecule has 0 bridgehead atoms. The Morgan fingerprint density at radius 2 is 1.27 bits per heavy atom. The second-order valence-corrected chi connectivity index (χ2v) is 1.54. The van der Waals surface area contributed by atoms with Crippen LogP contribution in [0.1, 0.15) is 0 Å². The molecular formula is C6H7F3N2. The van der Waals surface area contributed by atoms with Crippen LogP contribution in [0.25, 0.3) is 0 Å². The van der Waals surface area contributed by atoms with Gasteiger partial charge in [-0.05, 0) is 12.1 Å². The molecule has 0 aliphatic carbocycles. The van der Waals surface area contributed by atoms with E-state index in [1.807, 2.05) is 0 Å². The maximum Gasteiger partial charge on any atom is 0.194 e. The molecule has 62 valence electrons. The molecule has 11 heavy (non-hydrogen) atoms. The first-order chi connectivity index (χ1) is 5.22. The van der Waals surface area contributed by atoms with Gasteiger partial charge in [-0.3, -0.25) is 11.7 Å². The van der Waals surface area contributed by atoms with Gasteiger partial charge in [-0.2, -0.15) is 0 Å². The number of hydrogen-bond donors (Lipinski definition) is 2. The number of hydrogen-bond acceptors (Lipinski definition) is 2. The van der Waals surface area contributed by atoms with Crippen LogP contribution in [0, 0.1) is 17.5 Å². The average Bonchev–Trinajstić information content (AvgIpc) is 2.04. The summed E-state index contributed by atoms with van der Waals surface area (Å²) in [6.45, 7) is 0. The normalized spacial score (nSPS) is 8.45. The highest BCUT2D eigenvalue weighted by atomic mass is 19.2. The molecule has 0 saturated carbocycles. The SMILES string of the molecule is Fc1cccc(F)c1F.NN. The molecule has 0 amide bonds. The van der Waals surface area contributed by atoms with Crippen LogP contribution >= 0.6 is 0 Å². The van der Waals surface area contributed by atoms with E-state index in [0.29, 0.717) is 0 Å². The molecule has 0 saturated heterocycles. The number of benzene rings is 1. The fraction of sp³-hybridized carbons (Fsp3) is 0. The Bertz CT molecular complexity index is 207. The molecule has 1 aromatic rings. The molecule has 0 aromatic heterocycles. The monoisotopic (exact) mass is 164 g/mol. The zero-order valence-electron chi connectivity index (χ0n) is 5.52. The van der Waals surface area contributed by atoms with Crippen LogP contribution < -0.4 is 11.7 Å². The van der Waals surface area contributed by atoms with Crippen molar-refractivity contribution in [3.05, 3.63) is 35.7 Å². The number of rotatable bonds is 0. The lowest BCUT2D eigenvalue weighted by Gasteiger charge is -1.90. The topological polar surface area (TPSA) is 52.0 Å². The van der Waals surface area contributed by atoms with Crippen molar-refractivity contribution >= 4 is 0 Å². The Morgan fingerprint density at radius 3 is 1.55 bits per heavy atom. The molecule has 0 unspecified atom stereocenters. The minimum absolute atomic E-state index is 0.860. The van der Waals surface area contributed by atoms with Crippen LogP contribution in [0.4, 0.5) is 13.2 Å². The second kappa shape index (κ2) is 4.70. The standard InChI is InChI=1S/C6H3F3.H4N2/c7-4-2-1-3-5(8)6(4)9;1-2/h1-3H;1-2H2. The van der Waals surface area contributed by atoms with Gasteiger partial charge in [0.15, 0.2) is 17.5 Å². The summed E-state index contributed by atoms with van der Waals surface area (Å²) in [5.41, 5.74) is 0. The lowest BCUT2D eigenvalue weighted by atomic mass is 10.3. The predicted molar refractivity (Wildman–Crippen MR) is 34.7 cm³/mol. The molecule has 0 aliphatic heterocycles.